The van der Waals surface area contributed by atoms with Gasteiger partial charge in [0.1, 0.15) is 6.33 Å². The van der Waals surface area contributed by atoms with Crippen molar-refractivity contribution in [2.45, 2.75) is 25.5 Å². The molecule has 0 saturated carbocycles. The maximum Gasteiger partial charge on any atom is 0.315 e. The first-order valence-corrected chi connectivity index (χ1v) is 6.06. The van der Waals surface area contributed by atoms with Crippen molar-refractivity contribution in [1.82, 2.24) is 25.4 Å². The third-order valence-corrected chi connectivity index (χ3v) is 2.71. The Balaban J connectivity index is 2.40. The van der Waals surface area contributed by atoms with Crippen molar-refractivity contribution in [3.63, 3.8) is 0 Å². The number of ether oxygens (including phenoxy) is 1. The second kappa shape index (κ2) is 7.43. The summed E-state index contributed by atoms with van der Waals surface area (Å²) in [4.78, 5) is 22.2. The lowest BCUT2D eigenvalue weighted by Crippen LogP contribution is -2.42. The minimum atomic E-state index is -0.980. The second-order valence-corrected chi connectivity index (χ2v) is 4.33. The van der Waals surface area contributed by atoms with Gasteiger partial charge in [0.25, 0.3) is 0 Å². The van der Waals surface area contributed by atoms with E-state index in [1.165, 1.54) is 7.11 Å². The monoisotopic (exact) mass is 285 g/mol. The van der Waals surface area contributed by atoms with E-state index in [9.17, 15) is 9.59 Å². The van der Waals surface area contributed by atoms with Gasteiger partial charge in [0, 0.05) is 20.7 Å². The number of aliphatic carboxylic acids is 1. The second-order valence-electron chi connectivity index (χ2n) is 4.33. The molecule has 2 amide bonds. The van der Waals surface area contributed by atoms with Crippen LogP contribution in [0.1, 0.15) is 25.2 Å². The number of aryl methyl sites for hydroxylation is 1. The maximum atomic E-state index is 11.7. The standard InChI is InChI=1S/C11H19N5O4/c1-7(10-15-13-6-16(10)2)14-11(19)12-5-8(20-3)4-9(17)18/h6-8H,4-5H2,1-3H3,(H,17,18)(H2,12,14,19). The topological polar surface area (TPSA) is 118 Å². The van der Waals surface area contributed by atoms with Crippen molar-refractivity contribution in [2.75, 3.05) is 13.7 Å². The maximum absolute atomic E-state index is 11.7. The zero-order valence-electron chi connectivity index (χ0n) is 11.7. The molecule has 1 rings (SSSR count). The summed E-state index contributed by atoms with van der Waals surface area (Å²) in [5, 5.41) is 21.5. The molecule has 0 aromatic carbocycles. The van der Waals surface area contributed by atoms with Crippen LogP contribution in [-0.2, 0) is 16.6 Å². The number of nitrogens with one attached hydrogen (secondary N) is 2. The summed E-state index contributed by atoms with van der Waals surface area (Å²) in [6.45, 7) is 1.88. The van der Waals surface area contributed by atoms with E-state index in [1.54, 1.807) is 24.9 Å². The molecule has 0 spiro atoms. The molecule has 1 aromatic heterocycles. The Labute approximate surface area is 116 Å². The van der Waals surface area contributed by atoms with Crippen molar-refractivity contribution < 1.29 is 19.4 Å². The Kier molecular flexibility index (Phi) is 5.91. The Bertz CT molecular complexity index is 461. The van der Waals surface area contributed by atoms with Crippen molar-refractivity contribution in [3.8, 4) is 0 Å². The fraction of sp³-hybridized carbons (Fsp3) is 0.636. The number of carboxylic acid groups (broad SMARTS) is 1. The first kappa shape index (κ1) is 15.9. The highest BCUT2D eigenvalue weighted by Crippen LogP contribution is 2.06. The normalized spacial score (nSPS) is 13.6. The first-order chi connectivity index (χ1) is 9.43. The zero-order valence-corrected chi connectivity index (χ0v) is 11.7. The lowest BCUT2D eigenvalue weighted by Gasteiger charge is -2.17. The number of amides is 2. The van der Waals surface area contributed by atoms with Crippen LogP contribution < -0.4 is 10.6 Å². The van der Waals surface area contributed by atoms with Crippen LogP contribution in [0.15, 0.2) is 6.33 Å². The van der Waals surface area contributed by atoms with E-state index < -0.39 is 18.1 Å². The Morgan fingerprint density at radius 2 is 2.25 bits per heavy atom. The number of methoxy groups -OCH3 is 1. The Morgan fingerprint density at radius 3 is 2.75 bits per heavy atom. The molecule has 20 heavy (non-hydrogen) atoms. The molecule has 112 valence electrons. The number of hydrogen-bond donors (Lipinski definition) is 3. The number of aromatic nitrogens is 3. The molecule has 0 aliphatic carbocycles. The fourth-order valence-corrected chi connectivity index (χ4v) is 1.64. The number of urea groups is 1. The van der Waals surface area contributed by atoms with Gasteiger partial charge in [0.15, 0.2) is 5.82 Å². The minimum Gasteiger partial charge on any atom is -0.481 e. The van der Waals surface area contributed by atoms with Crippen LogP contribution in [0.5, 0.6) is 0 Å². The average molecular weight is 285 g/mol. The molecule has 0 aliphatic rings. The zero-order chi connectivity index (χ0) is 15.1. The van der Waals surface area contributed by atoms with E-state index in [1.807, 2.05) is 0 Å². The molecule has 1 heterocycles. The van der Waals surface area contributed by atoms with Gasteiger partial charge in [-0.05, 0) is 6.92 Å². The summed E-state index contributed by atoms with van der Waals surface area (Å²) in [7, 11) is 3.18. The van der Waals surface area contributed by atoms with E-state index in [0.717, 1.165) is 0 Å². The van der Waals surface area contributed by atoms with Gasteiger partial charge in [-0.25, -0.2) is 4.79 Å². The van der Waals surface area contributed by atoms with Gasteiger partial charge in [-0.15, -0.1) is 10.2 Å². The summed E-state index contributed by atoms with van der Waals surface area (Å²) in [6, 6.07) is -0.740. The van der Waals surface area contributed by atoms with Crippen LogP contribution in [0.2, 0.25) is 0 Å². The molecule has 0 fully saturated rings. The lowest BCUT2D eigenvalue weighted by atomic mass is 10.2. The van der Waals surface area contributed by atoms with Crippen LogP contribution in [0.25, 0.3) is 0 Å². The van der Waals surface area contributed by atoms with E-state index in [2.05, 4.69) is 20.8 Å². The van der Waals surface area contributed by atoms with Gasteiger partial charge < -0.3 is 25.0 Å². The summed E-state index contributed by atoms with van der Waals surface area (Å²) in [5.74, 6) is -0.361. The van der Waals surface area contributed by atoms with Crippen LogP contribution in [0.3, 0.4) is 0 Å². The molecule has 0 bridgehead atoms. The number of carbonyl (C=O) groups excluding carboxylic acids is 1. The molecule has 3 N–H and O–H groups in total. The quantitative estimate of drug-likeness (QED) is 0.631. The van der Waals surface area contributed by atoms with Crippen molar-refractivity contribution in [2.24, 2.45) is 7.05 Å². The Morgan fingerprint density at radius 1 is 1.55 bits per heavy atom. The highest BCUT2D eigenvalue weighted by Gasteiger charge is 2.16. The molecular formula is C11H19N5O4. The molecule has 0 radical (unpaired) electrons. The lowest BCUT2D eigenvalue weighted by molar-refractivity contribution is -0.139. The molecule has 9 heteroatoms. The van der Waals surface area contributed by atoms with Crippen LogP contribution in [0, 0.1) is 0 Å². The highest BCUT2D eigenvalue weighted by molar-refractivity contribution is 5.74. The minimum absolute atomic E-state index is 0.111. The SMILES string of the molecule is COC(CNC(=O)NC(C)c1nncn1C)CC(=O)O. The number of rotatable bonds is 7. The molecular weight excluding hydrogens is 266 g/mol. The number of carbonyl (C=O) groups is 2. The largest absolute Gasteiger partial charge is 0.481 e. The summed E-state index contributed by atoms with van der Waals surface area (Å²) < 4.78 is 6.66. The van der Waals surface area contributed by atoms with Gasteiger partial charge in [-0.1, -0.05) is 0 Å². The third kappa shape index (κ3) is 4.84. The number of hydrogen-bond acceptors (Lipinski definition) is 5. The summed E-state index contributed by atoms with van der Waals surface area (Å²) in [5.41, 5.74) is 0. The predicted molar refractivity (Wildman–Crippen MR) is 69.0 cm³/mol. The summed E-state index contributed by atoms with van der Waals surface area (Å²) >= 11 is 0. The number of carboxylic acids is 1. The van der Waals surface area contributed by atoms with Gasteiger partial charge >= 0.3 is 12.0 Å². The fourth-order valence-electron chi connectivity index (χ4n) is 1.64. The first-order valence-electron chi connectivity index (χ1n) is 6.06. The van der Waals surface area contributed by atoms with Crippen LogP contribution >= 0.6 is 0 Å². The average Bonchev–Trinajstić information content (AvgIpc) is 2.80. The molecule has 2 unspecified atom stereocenters. The molecule has 1 aromatic rings. The van der Waals surface area contributed by atoms with Crippen LogP contribution in [-0.4, -0.2) is 51.6 Å². The van der Waals surface area contributed by atoms with Crippen LogP contribution in [0.4, 0.5) is 4.79 Å². The molecule has 9 nitrogen and oxygen atoms in total. The highest BCUT2D eigenvalue weighted by atomic mass is 16.5. The predicted octanol–water partition coefficient (Wildman–Crippen LogP) is -0.335. The van der Waals surface area contributed by atoms with Gasteiger partial charge in [-0.3, -0.25) is 4.79 Å². The summed E-state index contributed by atoms with van der Waals surface area (Å²) in [6.07, 6.45) is 0.804. The van der Waals surface area contributed by atoms with Crippen molar-refractivity contribution >= 4 is 12.0 Å². The van der Waals surface area contributed by atoms with Gasteiger partial charge in [0.05, 0.1) is 18.6 Å². The van der Waals surface area contributed by atoms with Gasteiger partial charge in [0.2, 0.25) is 0 Å². The number of nitrogens with zero attached hydrogens (tertiary/aromatic N) is 3. The van der Waals surface area contributed by atoms with Crippen molar-refractivity contribution in [1.29, 1.82) is 0 Å². The molecule has 0 saturated heterocycles. The molecule has 2 atom stereocenters. The van der Waals surface area contributed by atoms with Crippen molar-refractivity contribution in [3.05, 3.63) is 12.2 Å². The third-order valence-electron chi connectivity index (χ3n) is 2.71. The van der Waals surface area contributed by atoms with Gasteiger partial charge in [-0.2, -0.15) is 0 Å². The van der Waals surface area contributed by atoms with E-state index in [-0.39, 0.29) is 19.0 Å². The van der Waals surface area contributed by atoms with E-state index in [4.69, 9.17) is 9.84 Å². The Hall–Kier alpha value is -2.16. The van der Waals surface area contributed by atoms with E-state index in [0.29, 0.717) is 5.82 Å². The molecule has 0 aliphatic heterocycles. The smallest absolute Gasteiger partial charge is 0.315 e. The van der Waals surface area contributed by atoms with E-state index >= 15 is 0 Å².